The number of benzene rings is 2. The lowest BCUT2D eigenvalue weighted by atomic mass is 10.3. The van der Waals surface area contributed by atoms with Crippen LogP contribution >= 0.6 is 22.6 Å². The van der Waals surface area contributed by atoms with E-state index in [1.807, 2.05) is 6.07 Å². The minimum Gasteiger partial charge on any atom is -0.508 e. The van der Waals surface area contributed by atoms with Gasteiger partial charge in [-0.3, -0.25) is 4.72 Å². The Hall–Kier alpha value is -1.28. The molecule has 0 aliphatic rings. The van der Waals surface area contributed by atoms with E-state index in [2.05, 4.69) is 27.3 Å². The molecular formula is C12H10INO3S. The average molecular weight is 375 g/mol. The lowest BCUT2D eigenvalue weighted by molar-refractivity contribution is 0.475. The monoisotopic (exact) mass is 375 g/mol. The number of phenolic OH excluding ortho intramolecular Hbond substituents is 1. The summed E-state index contributed by atoms with van der Waals surface area (Å²) in [6.07, 6.45) is 0. The van der Waals surface area contributed by atoms with Crippen LogP contribution in [0.25, 0.3) is 0 Å². The highest BCUT2D eigenvalue weighted by Crippen LogP contribution is 2.19. The number of anilines is 1. The van der Waals surface area contributed by atoms with E-state index in [1.54, 1.807) is 18.2 Å². The standard InChI is InChI=1S/C12H10INO3S/c13-9-2-1-3-10(8-9)14-18(16,17)12-6-4-11(15)5-7-12/h1-8,14-15H. The highest BCUT2D eigenvalue weighted by Gasteiger charge is 2.13. The summed E-state index contributed by atoms with van der Waals surface area (Å²) < 4.78 is 27.5. The van der Waals surface area contributed by atoms with Crippen molar-refractivity contribution in [1.82, 2.24) is 0 Å². The molecule has 0 unspecified atom stereocenters. The summed E-state index contributed by atoms with van der Waals surface area (Å²) in [5.41, 5.74) is 0.509. The Balaban J connectivity index is 2.30. The number of halogens is 1. The summed E-state index contributed by atoms with van der Waals surface area (Å²) in [5.74, 6) is 0.0307. The molecule has 0 aliphatic heterocycles. The first kappa shape index (κ1) is 13.2. The van der Waals surface area contributed by atoms with Gasteiger partial charge in [-0.05, 0) is 65.1 Å². The van der Waals surface area contributed by atoms with Crippen molar-refractivity contribution in [3.05, 3.63) is 52.1 Å². The van der Waals surface area contributed by atoms with Crippen molar-refractivity contribution in [3.63, 3.8) is 0 Å². The number of phenols is 1. The van der Waals surface area contributed by atoms with E-state index in [0.717, 1.165) is 3.57 Å². The molecular weight excluding hydrogens is 365 g/mol. The zero-order chi connectivity index (χ0) is 13.2. The summed E-state index contributed by atoms with van der Waals surface area (Å²) in [5, 5.41) is 9.13. The van der Waals surface area contributed by atoms with Gasteiger partial charge in [-0.15, -0.1) is 0 Å². The number of sulfonamides is 1. The summed E-state index contributed by atoms with van der Waals surface area (Å²) in [7, 11) is -3.61. The van der Waals surface area contributed by atoms with Crippen molar-refractivity contribution in [2.24, 2.45) is 0 Å². The average Bonchev–Trinajstić information content (AvgIpc) is 2.29. The molecule has 2 aromatic rings. The molecule has 0 fully saturated rings. The first-order valence-electron chi connectivity index (χ1n) is 5.05. The largest absolute Gasteiger partial charge is 0.508 e. The van der Waals surface area contributed by atoms with Crippen molar-refractivity contribution >= 4 is 38.3 Å². The first-order chi connectivity index (χ1) is 8.47. The number of rotatable bonds is 3. The number of aromatic hydroxyl groups is 1. The zero-order valence-electron chi connectivity index (χ0n) is 9.17. The molecule has 0 saturated heterocycles. The van der Waals surface area contributed by atoms with Crippen molar-refractivity contribution in [1.29, 1.82) is 0 Å². The van der Waals surface area contributed by atoms with Crippen LogP contribution < -0.4 is 4.72 Å². The number of hydrogen-bond donors (Lipinski definition) is 2. The predicted octanol–water partition coefficient (Wildman–Crippen LogP) is 2.80. The molecule has 2 aromatic carbocycles. The van der Waals surface area contributed by atoms with Crippen LogP contribution in [0.1, 0.15) is 0 Å². The summed E-state index contributed by atoms with van der Waals surface area (Å²) >= 11 is 2.11. The maximum Gasteiger partial charge on any atom is 0.261 e. The third-order valence-electron chi connectivity index (χ3n) is 2.22. The Bertz CT molecular complexity index is 653. The smallest absolute Gasteiger partial charge is 0.261 e. The van der Waals surface area contributed by atoms with Gasteiger partial charge in [0.2, 0.25) is 0 Å². The second-order valence-corrected chi connectivity index (χ2v) is 6.54. The fourth-order valence-corrected chi connectivity index (χ4v) is 2.98. The van der Waals surface area contributed by atoms with Crippen LogP contribution in [0.4, 0.5) is 5.69 Å². The van der Waals surface area contributed by atoms with Gasteiger partial charge < -0.3 is 5.11 Å². The molecule has 2 rings (SSSR count). The molecule has 4 nitrogen and oxygen atoms in total. The Kier molecular flexibility index (Phi) is 3.76. The van der Waals surface area contributed by atoms with Crippen LogP contribution in [0.15, 0.2) is 53.4 Å². The fourth-order valence-electron chi connectivity index (χ4n) is 1.39. The van der Waals surface area contributed by atoms with Gasteiger partial charge in [-0.1, -0.05) is 6.07 Å². The topological polar surface area (TPSA) is 66.4 Å². The molecule has 6 heteroatoms. The van der Waals surface area contributed by atoms with E-state index in [9.17, 15) is 8.42 Å². The number of nitrogens with one attached hydrogen (secondary N) is 1. The SMILES string of the molecule is O=S(=O)(Nc1cccc(I)c1)c1ccc(O)cc1. The van der Waals surface area contributed by atoms with E-state index in [1.165, 1.54) is 24.3 Å². The van der Waals surface area contributed by atoms with Gasteiger partial charge in [0.05, 0.1) is 4.90 Å². The van der Waals surface area contributed by atoms with Crippen LogP contribution in [0.2, 0.25) is 0 Å². The normalized spacial score (nSPS) is 11.2. The Labute approximate surface area is 119 Å². The molecule has 0 aliphatic carbocycles. The molecule has 0 spiro atoms. The Morgan fingerprint density at radius 2 is 1.72 bits per heavy atom. The Morgan fingerprint density at radius 1 is 1.06 bits per heavy atom. The van der Waals surface area contributed by atoms with Crippen LogP contribution in [0, 0.1) is 3.57 Å². The molecule has 18 heavy (non-hydrogen) atoms. The minimum absolute atomic E-state index is 0.0307. The van der Waals surface area contributed by atoms with E-state index in [4.69, 9.17) is 5.11 Å². The van der Waals surface area contributed by atoms with Gasteiger partial charge in [-0.25, -0.2) is 8.42 Å². The highest BCUT2D eigenvalue weighted by molar-refractivity contribution is 14.1. The molecule has 0 aromatic heterocycles. The van der Waals surface area contributed by atoms with Crippen LogP contribution in [0.5, 0.6) is 5.75 Å². The van der Waals surface area contributed by atoms with Crippen molar-refractivity contribution in [2.75, 3.05) is 4.72 Å². The first-order valence-corrected chi connectivity index (χ1v) is 7.61. The lowest BCUT2D eigenvalue weighted by Gasteiger charge is -2.08. The zero-order valence-corrected chi connectivity index (χ0v) is 12.1. The van der Waals surface area contributed by atoms with E-state index < -0.39 is 10.0 Å². The van der Waals surface area contributed by atoms with Gasteiger partial charge >= 0.3 is 0 Å². The van der Waals surface area contributed by atoms with Gasteiger partial charge in [0.15, 0.2) is 0 Å². The van der Waals surface area contributed by atoms with Crippen LogP contribution in [0.3, 0.4) is 0 Å². The number of hydrogen-bond acceptors (Lipinski definition) is 3. The van der Waals surface area contributed by atoms with Crippen molar-refractivity contribution < 1.29 is 13.5 Å². The van der Waals surface area contributed by atoms with Crippen LogP contribution in [-0.4, -0.2) is 13.5 Å². The minimum atomic E-state index is -3.61. The van der Waals surface area contributed by atoms with Crippen LogP contribution in [-0.2, 0) is 10.0 Å². The van der Waals surface area contributed by atoms with Crippen molar-refractivity contribution in [3.8, 4) is 5.75 Å². The van der Waals surface area contributed by atoms with Crippen molar-refractivity contribution in [2.45, 2.75) is 4.90 Å². The van der Waals surface area contributed by atoms with Gasteiger partial charge in [0.25, 0.3) is 10.0 Å². The molecule has 0 bridgehead atoms. The third kappa shape index (κ3) is 3.14. The maximum absolute atomic E-state index is 12.0. The maximum atomic E-state index is 12.0. The molecule has 0 saturated carbocycles. The molecule has 2 N–H and O–H groups in total. The van der Waals surface area contributed by atoms with E-state index >= 15 is 0 Å². The molecule has 94 valence electrons. The van der Waals surface area contributed by atoms with E-state index in [0.29, 0.717) is 5.69 Å². The Morgan fingerprint density at radius 3 is 2.33 bits per heavy atom. The molecule has 0 atom stereocenters. The van der Waals surface area contributed by atoms with E-state index in [-0.39, 0.29) is 10.6 Å². The summed E-state index contributed by atoms with van der Waals surface area (Å²) in [6, 6.07) is 12.4. The quantitative estimate of drug-likeness (QED) is 0.811. The predicted molar refractivity (Wildman–Crippen MR) is 78.1 cm³/mol. The summed E-state index contributed by atoms with van der Waals surface area (Å²) in [4.78, 5) is 0.110. The molecule has 0 radical (unpaired) electrons. The van der Waals surface area contributed by atoms with Gasteiger partial charge in [0.1, 0.15) is 5.75 Å². The fraction of sp³-hybridized carbons (Fsp3) is 0. The van der Waals surface area contributed by atoms with Gasteiger partial charge in [-0.2, -0.15) is 0 Å². The second-order valence-electron chi connectivity index (χ2n) is 3.61. The third-order valence-corrected chi connectivity index (χ3v) is 4.29. The molecule has 0 heterocycles. The summed E-state index contributed by atoms with van der Waals surface area (Å²) in [6.45, 7) is 0. The second kappa shape index (κ2) is 5.15. The lowest BCUT2D eigenvalue weighted by Crippen LogP contribution is -2.12. The van der Waals surface area contributed by atoms with Gasteiger partial charge in [0, 0.05) is 9.26 Å². The molecule has 0 amide bonds. The highest BCUT2D eigenvalue weighted by atomic mass is 127.